The molecule has 9 aromatic rings. The van der Waals surface area contributed by atoms with Gasteiger partial charge in [0.25, 0.3) is 0 Å². The normalized spacial score (nSPS) is 13.1. The summed E-state index contributed by atoms with van der Waals surface area (Å²) in [6, 6.07) is 64.9. The molecule has 242 valence electrons. The van der Waals surface area contributed by atoms with Gasteiger partial charge in [0.15, 0.2) is 0 Å². The quantitative estimate of drug-likeness (QED) is 0.176. The van der Waals surface area contributed by atoms with Crippen molar-refractivity contribution in [1.82, 2.24) is 0 Å². The Balaban J connectivity index is 1.23. The summed E-state index contributed by atoms with van der Waals surface area (Å²) < 4.78 is 2.63. The Bertz CT molecular complexity index is 2780. The van der Waals surface area contributed by atoms with Crippen LogP contribution in [0.2, 0.25) is 0 Å². The first-order valence-corrected chi connectivity index (χ1v) is 18.5. The van der Waals surface area contributed by atoms with Gasteiger partial charge in [0.05, 0.1) is 11.4 Å². The number of nitrogens with zero attached hydrogens (tertiary/aromatic N) is 1. The molecular weight excluding hydrogens is 635 g/mol. The second-order valence-corrected chi connectivity index (χ2v) is 15.2. The molecule has 0 saturated heterocycles. The van der Waals surface area contributed by atoms with Gasteiger partial charge in [-0.25, -0.2) is 0 Å². The molecule has 1 aliphatic rings. The fourth-order valence-electron chi connectivity index (χ4n) is 8.49. The number of thiophene rings is 1. The van der Waals surface area contributed by atoms with E-state index in [1.54, 1.807) is 0 Å². The largest absolute Gasteiger partial charge is 0.309 e. The topological polar surface area (TPSA) is 3.24 Å². The molecule has 0 amide bonds. The van der Waals surface area contributed by atoms with Crippen LogP contribution in [-0.4, -0.2) is 0 Å². The Morgan fingerprint density at radius 3 is 1.90 bits per heavy atom. The number of rotatable bonds is 5. The van der Waals surface area contributed by atoms with E-state index in [2.05, 4.69) is 195 Å². The molecule has 0 radical (unpaired) electrons. The van der Waals surface area contributed by atoms with Crippen LogP contribution in [0.15, 0.2) is 176 Å². The lowest BCUT2D eigenvalue weighted by molar-refractivity contribution is 0.660. The number of hydrogen-bond donors (Lipinski definition) is 0. The molecule has 1 aromatic heterocycles. The van der Waals surface area contributed by atoms with Crippen molar-refractivity contribution < 1.29 is 0 Å². The first-order chi connectivity index (χ1) is 25.1. The summed E-state index contributed by atoms with van der Waals surface area (Å²) in [6.45, 7) is 4.72. The van der Waals surface area contributed by atoms with Crippen LogP contribution >= 0.6 is 11.3 Å². The molecule has 51 heavy (non-hydrogen) atoms. The summed E-state index contributed by atoms with van der Waals surface area (Å²) in [5.41, 5.74) is 13.7. The molecule has 8 aromatic carbocycles. The van der Waals surface area contributed by atoms with Crippen LogP contribution in [0.3, 0.4) is 0 Å². The van der Waals surface area contributed by atoms with Crippen molar-refractivity contribution in [1.29, 1.82) is 0 Å². The van der Waals surface area contributed by atoms with Gasteiger partial charge in [0, 0.05) is 42.4 Å². The third-order valence-electron chi connectivity index (χ3n) is 10.9. The number of benzene rings is 8. The number of anilines is 3. The summed E-state index contributed by atoms with van der Waals surface area (Å²) >= 11 is 1.87. The van der Waals surface area contributed by atoms with Gasteiger partial charge < -0.3 is 4.90 Å². The van der Waals surface area contributed by atoms with Crippen molar-refractivity contribution in [2.24, 2.45) is 0 Å². The van der Waals surface area contributed by atoms with E-state index >= 15 is 0 Å². The summed E-state index contributed by atoms with van der Waals surface area (Å²) in [7, 11) is 0. The Morgan fingerprint density at radius 1 is 0.431 bits per heavy atom. The third-order valence-corrected chi connectivity index (χ3v) is 12.0. The molecule has 0 aliphatic heterocycles. The van der Waals surface area contributed by atoms with E-state index < -0.39 is 0 Å². The average molecular weight is 670 g/mol. The van der Waals surface area contributed by atoms with Gasteiger partial charge in [-0.05, 0) is 80.6 Å². The summed E-state index contributed by atoms with van der Waals surface area (Å²) in [4.78, 5) is 2.51. The molecule has 10 rings (SSSR count). The monoisotopic (exact) mass is 669 g/mol. The maximum Gasteiger partial charge on any atom is 0.0543 e. The zero-order chi connectivity index (χ0) is 34.1. The van der Waals surface area contributed by atoms with Gasteiger partial charge in [0.1, 0.15) is 0 Å². The standard InChI is InChI=1S/C49H35NS/c1-49(2)41-22-8-5-18-39(41)48-42(49)23-13-25-44(48)50(34-30-28-33(29-31-34)36-20-11-15-32-14-3-4-16-35(32)36)43-24-9-6-17-37(43)38-21-12-27-46-47(38)40-19-7-10-26-45(40)51-46/h3-31H,1-2H3. The molecule has 0 N–H and O–H groups in total. The van der Waals surface area contributed by atoms with Crippen LogP contribution in [0.4, 0.5) is 17.1 Å². The van der Waals surface area contributed by atoms with E-state index in [-0.39, 0.29) is 5.41 Å². The van der Waals surface area contributed by atoms with Crippen LogP contribution in [0.1, 0.15) is 25.0 Å². The predicted octanol–water partition coefficient (Wildman–Crippen LogP) is 14.3. The van der Waals surface area contributed by atoms with Crippen molar-refractivity contribution in [3.8, 4) is 33.4 Å². The Labute approximate surface area is 302 Å². The molecule has 0 saturated carbocycles. The van der Waals surface area contributed by atoms with Gasteiger partial charge >= 0.3 is 0 Å². The number of hydrogen-bond acceptors (Lipinski definition) is 2. The molecule has 1 aliphatic carbocycles. The van der Waals surface area contributed by atoms with Gasteiger partial charge in [-0.15, -0.1) is 11.3 Å². The van der Waals surface area contributed by atoms with E-state index in [0.29, 0.717) is 0 Å². The van der Waals surface area contributed by atoms with E-state index in [4.69, 9.17) is 0 Å². The highest BCUT2D eigenvalue weighted by Crippen LogP contribution is 2.55. The van der Waals surface area contributed by atoms with Gasteiger partial charge in [-0.1, -0.05) is 153 Å². The third kappa shape index (κ3) is 4.60. The number of fused-ring (bicyclic) bond motifs is 7. The lowest BCUT2D eigenvalue weighted by Crippen LogP contribution is -2.16. The molecular formula is C49H35NS. The molecule has 0 fully saturated rings. The zero-order valence-corrected chi connectivity index (χ0v) is 29.4. The second kappa shape index (κ2) is 11.6. The van der Waals surface area contributed by atoms with E-state index in [9.17, 15) is 0 Å². The average Bonchev–Trinajstić information content (AvgIpc) is 3.68. The molecule has 0 bridgehead atoms. The molecule has 2 heteroatoms. The van der Waals surface area contributed by atoms with Crippen LogP contribution < -0.4 is 4.90 Å². The Morgan fingerprint density at radius 2 is 1.02 bits per heavy atom. The van der Waals surface area contributed by atoms with Gasteiger partial charge in [0.2, 0.25) is 0 Å². The highest BCUT2D eigenvalue weighted by Gasteiger charge is 2.38. The Kier molecular flexibility index (Phi) is 6.78. The van der Waals surface area contributed by atoms with Crippen LogP contribution in [0.25, 0.3) is 64.3 Å². The first-order valence-electron chi connectivity index (χ1n) is 17.7. The van der Waals surface area contributed by atoms with Crippen molar-refractivity contribution in [2.75, 3.05) is 4.90 Å². The molecule has 1 nitrogen and oxygen atoms in total. The van der Waals surface area contributed by atoms with Gasteiger partial charge in [-0.2, -0.15) is 0 Å². The Hall–Kier alpha value is -5.96. The van der Waals surface area contributed by atoms with E-state index in [1.165, 1.54) is 81.1 Å². The number of para-hydroxylation sites is 1. The summed E-state index contributed by atoms with van der Waals surface area (Å²) in [5.74, 6) is 0. The molecule has 0 spiro atoms. The highest BCUT2D eigenvalue weighted by molar-refractivity contribution is 7.25. The smallest absolute Gasteiger partial charge is 0.0543 e. The molecule has 1 heterocycles. The van der Waals surface area contributed by atoms with Crippen LogP contribution in [-0.2, 0) is 5.41 Å². The van der Waals surface area contributed by atoms with Crippen LogP contribution in [0, 0.1) is 0 Å². The lowest BCUT2D eigenvalue weighted by Gasteiger charge is -2.31. The SMILES string of the molecule is CC1(C)c2ccccc2-c2c(N(c3ccc(-c4cccc5ccccc45)cc3)c3ccccc3-c3cccc4sc5ccccc5c34)cccc21. The van der Waals surface area contributed by atoms with Crippen molar-refractivity contribution >= 4 is 59.3 Å². The minimum atomic E-state index is -0.105. The first kappa shape index (κ1) is 29.9. The van der Waals surface area contributed by atoms with E-state index in [0.717, 1.165) is 11.4 Å². The summed E-state index contributed by atoms with van der Waals surface area (Å²) in [5, 5.41) is 5.16. The minimum absolute atomic E-state index is 0.105. The fourth-order valence-corrected chi connectivity index (χ4v) is 9.62. The maximum atomic E-state index is 2.51. The minimum Gasteiger partial charge on any atom is -0.309 e. The highest BCUT2D eigenvalue weighted by atomic mass is 32.1. The van der Waals surface area contributed by atoms with Crippen molar-refractivity contribution in [2.45, 2.75) is 19.3 Å². The van der Waals surface area contributed by atoms with Crippen molar-refractivity contribution in [3.05, 3.63) is 187 Å². The summed E-state index contributed by atoms with van der Waals surface area (Å²) in [6.07, 6.45) is 0. The molecule has 0 unspecified atom stereocenters. The molecule has 0 atom stereocenters. The fraction of sp³-hybridized carbons (Fsp3) is 0.0612. The van der Waals surface area contributed by atoms with Crippen molar-refractivity contribution in [3.63, 3.8) is 0 Å². The second-order valence-electron chi connectivity index (χ2n) is 14.1. The van der Waals surface area contributed by atoms with Crippen LogP contribution in [0.5, 0.6) is 0 Å². The predicted molar refractivity (Wildman–Crippen MR) is 220 cm³/mol. The maximum absolute atomic E-state index is 2.51. The van der Waals surface area contributed by atoms with Gasteiger partial charge in [-0.3, -0.25) is 0 Å². The zero-order valence-electron chi connectivity index (χ0n) is 28.6. The van der Waals surface area contributed by atoms with E-state index in [1.807, 2.05) is 11.3 Å². The lowest BCUT2D eigenvalue weighted by atomic mass is 9.82.